The van der Waals surface area contributed by atoms with Crippen molar-refractivity contribution in [1.29, 1.82) is 0 Å². The van der Waals surface area contributed by atoms with Crippen molar-refractivity contribution in [2.24, 2.45) is 0 Å². The van der Waals surface area contributed by atoms with Crippen LogP contribution in [0.4, 0.5) is 5.69 Å². The first-order valence-electron chi connectivity index (χ1n) is 6.27. The number of benzene rings is 1. The van der Waals surface area contributed by atoms with Crippen molar-refractivity contribution in [3.63, 3.8) is 0 Å². The van der Waals surface area contributed by atoms with Gasteiger partial charge in [0.05, 0.1) is 18.1 Å². The van der Waals surface area contributed by atoms with Gasteiger partial charge in [-0.25, -0.2) is 0 Å². The lowest BCUT2D eigenvalue weighted by molar-refractivity contribution is -0.384. The molecule has 0 aliphatic heterocycles. The lowest BCUT2D eigenvalue weighted by atomic mass is 9.88. The molecule has 0 bridgehead atoms. The van der Waals surface area contributed by atoms with Gasteiger partial charge in [0.1, 0.15) is 11.1 Å². The number of halogens is 1. The van der Waals surface area contributed by atoms with Gasteiger partial charge in [0.15, 0.2) is 11.5 Å². The summed E-state index contributed by atoms with van der Waals surface area (Å²) >= 11 is 5.89. The molecule has 0 spiro atoms. The molecule has 0 amide bonds. The fraction of sp³-hybridized carbons (Fsp3) is 0.538. The summed E-state index contributed by atoms with van der Waals surface area (Å²) in [7, 11) is 5.51. The predicted molar refractivity (Wildman–Crippen MR) is 75.8 cm³/mol. The Morgan fingerprint density at radius 1 is 1.35 bits per heavy atom. The first-order valence-corrected chi connectivity index (χ1v) is 6.65. The maximum absolute atomic E-state index is 10.8. The number of hydrogen-bond acceptors (Lipinski definition) is 5. The summed E-state index contributed by atoms with van der Waals surface area (Å²) in [5, 5.41) is 10.9. The zero-order chi connectivity index (χ0) is 14.9. The summed E-state index contributed by atoms with van der Waals surface area (Å²) in [6.07, 6.45) is 1.93. The van der Waals surface area contributed by atoms with Crippen molar-refractivity contribution in [1.82, 2.24) is 4.90 Å². The van der Waals surface area contributed by atoms with Gasteiger partial charge in [-0.3, -0.25) is 10.1 Å². The van der Waals surface area contributed by atoms with Crippen LogP contribution in [0.15, 0.2) is 12.1 Å². The highest BCUT2D eigenvalue weighted by Crippen LogP contribution is 2.39. The zero-order valence-electron chi connectivity index (χ0n) is 11.6. The van der Waals surface area contributed by atoms with E-state index in [2.05, 4.69) is 4.90 Å². The largest absolute Gasteiger partial charge is 0.493 e. The van der Waals surface area contributed by atoms with Crippen LogP contribution in [0.3, 0.4) is 0 Å². The second kappa shape index (κ2) is 5.85. The Morgan fingerprint density at radius 3 is 2.50 bits per heavy atom. The number of methoxy groups -OCH3 is 1. The molecule has 0 radical (unpaired) electrons. The summed E-state index contributed by atoms with van der Waals surface area (Å²) in [6, 6.07) is 3.25. The average molecular weight is 301 g/mol. The van der Waals surface area contributed by atoms with E-state index in [1.807, 2.05) is 14.1 Å². The van der Waals surface area contributed by atoms with Crippen LogP contribution < -0.4 is 9.47 Å². The summed E-state index contributed by atoms with van der Waals surface area (Å²) in [6.45, 7) is 0. The molecule has 1 saturated carbocycles. The number of nitrogens with zero attached hydrogens (tertiary/aromatic N) is 2. The molecule has 1 aromatic carbocycles. The summed E-state index contributed by atoms with van der Waals surface area (Å²) in [5.74, 6) is 0.778. The molecule has 0 unspecified atom stereocenters. The van der Waals surface area contributed by atoms with Crippen LogP contribution in [0.1, 0.15) is 12.8 Å². The lowest BCUT2D eigenvalue weighted by Crippen LogP contribution is -2.46. The number of hydrogen-bond donors (Lipinski definition) is 0. The van der Waals surface area contributed by atoms with E-state index >= 15 is 0 Å². The molecule has 0 aromatic heterocycles. The third-order valence-electron chi connectivity index (χ3n) is 3.52. The molecular formula is C13H17ClN2O4. The average Bonchev–Trinajstić information content (AvgIpc) is 2.32. The molecule has 0 N–H and O–H groups in total. The van der Waals surface area contributed by atoms with E-state index < -0.39 is 4.92 Å². The van der Waals surface area contributed by atoms with Gasteiger partial charge in [0.2, 0.25) is 0 Å². The predicted octanol–water partition coefficient (Wildman–Crippen LogP) is 2.73. The van der Waals surface area contributed by atoms with E-state index in [-0.39, 0.29) is 16.8 Å². The highest BCUT2D eigenvalue weighted by molar-refractivity contribution is 6.32. The molecule has 2 rings (SSSR count). The van der Waals surface area contributed by atoms with Crippen molar-refractivity contribution < 1.29 is 14.4 Å². The topological polar surface area (TPSA) is 64.8 Å². The normalized spacial score (nSPS) is 21.4. The van der Waals surface area contributed by atoms with E-state index in [1.54, 1.807) is 0 Å². The molecule has 0 saturated heterocycles. The standard InChI is InChI=1S/C13H17ClN2O4/c1-15(2)8-4-9(5-8)20-13-6-10(14)11(16(17)18)7-12(13)19-3/h6-9H,4-5H2,1-3H3. The van der Waals surface area contributed by atoms with E-state index in [0.29, 0.717) is 17.5 Å². The van der Waals surface area contributed by atoms with E-state index in [9.17, 15) is 10.1 Å². The Labute approximate surface area is 122 Å². The third-order valence-corrected chi connectivity index (χ3v) is 3.83. The molecule has 0 heterocycles. The molecule has 110 valence electrons. The summed E-state index contributed by atoms with van der Waals surface area (Å²) in [4.78, 5) is 12.4. The van der Waals surface area contributed by atoms with E-state index in [0.717, 1.165) is 12.8 Å². The number of rotatable bonds is 5. The number of nitro benzene ring substituents is 1. The molecule has 1 aliphatic rings. The molecule has 1 aliphatic carbocycles. The van der Waals surface area contributed by atoms with E-state index in [4.69, 9.17) is 21.1 Å². The minimum Gasteiger partial charge on any atom is -0.493 e. The van der Waals surface area contributed by atoms with Crippen LogP contribution in [-0.4, -0.2) is 43.2 Å². The summed E-state index contributed by atoms with van der Waals surface area (Å²) < 4.78 is 10.9. The van der Waals surface area contributed by atoms with Gasteiger partial charge in [-0.15, -0.1) is 0 Å². The van der Waals surface area contributed by atoms with Crippen molar-refractivity contribution in [2.45, 2.75) is 25.0 Å². The monoisotopic (exact) mass is 300 g/mol. The highest BCUT2D eigenvalue weighted by Gasteiger charge is 2.33. The molecule has 6 nitrogen and oxygen atoms in total. The second-order valence-electron chi connectivity index (χ2n) is 5.04. The lowest BCUT2D eigenvalue weighted by Gasteiger charge is -2.39. The molecule has 1 fully saturated rings. The first-order chi connectivity index (χ1) is 9.42. The van der Waals surface area contributed by atoms with Gasteiger partial charge in [-0.05, 0) is 26.9 Å². The van der Waals surface area contributed by atoms with Crippen LogP contribution in [0, 0.1) is 10.1 Å². The van der Waals surface area contributed by atoms with Crippen LogP contribution in [0.25, 0.3) is 0 Å². The first kappa shape index (κ1) is 14.9. The minimum atomic E-state index is -0.542. The van der Waals surface area contributed by atoms with Crippen LogP contribution >= 0.6 is 11.6 Å². The fourth-order valence-electron chi connectivity index (χ4n) is 2.15. The van der Waals surface area contributed by atoms with Gasteiger partial charge < -0.3 is 14.4 Å². The number of nitro groups is 1. The minimum absolute atomic E-state index is 0.0503. The molecule has 20 heavy (non-hydrogen) atoms. The third kappa shape index (κ3) is 2.96. The van der Waals surface area contributed by atoms with Gasteiger partial charge >= 0.3 is 0 Å². The van der Waals surface area contributed by atoms with Crippen LogP contribution in [0.2, 0.25) is 5.02 Å². The van der Waals surface area contributed by atoms with Crippen molar-refractivity contribution >= 4 is 17.3 Å². The molecule has 1 aromatic rings. The Hall–Kier alpha value is -1.53. The smallest absolute Gasteiger partial charge is 0.291 e. The Balaban J connectivity index is 2.12. The zero-order valence-corrected chi connectivity index (χ0v) is 12.4. The Morgan fingerprint density at radius 2 is 2.00 bits per heavy atom. The van der Waals surface area contributed by atoms with Crippen molar-refractivity contribution in [2.75, 3.05) is 21.2 Å². The SMILES string of the molecule is COc1cc([N+](=O)[O-])c(Cl)cc1OC1CC(N(C)C)C1. The number of ether oxygens (including phenoxy) is 2. The maximum Gasteiger partial charge on any atom is 0.291 e. The molecule has 7 heteroatoms. The van der Waals surface area contributed by atoms with Gasteiger partial charge in [0, 0.05) is 12.1 Å². The Kier molecular flexibility index (Phi) is 4.35. The van der Waals surface area contributed by atoms with Crippen molar-refractivity contribution in [3.8, 4) is 11.5 Å². The van der Waals surface area contributed by atoms with Gasteiger partial charge in [-0.1, -0.05) is 11.6 Å². The van der Waals surface area contributed by atoms with Gasteiger partial charge in [-0.2, -0.15) is 0 Å². The molecule has 0 atom stereocenters. The van der Waals surface area contributed by atoms with E-state index in [1.165, 1.54) is 19.2 Å². The van der Waals surface area contributed by atoms with Crippen molar-refractivity contribution in [3.05, 3.63) is 27.3 Å². The Bertz CT molecular complexity index is 515. The van der Waals surface area contributed by atoms with Gasteiger partial charge in [0.25, 0.3) is 5.69 Å². The fourth-order valence-corrected chi connectivity index (χ4v) is 2.37. The highest BCUT2D eigenvalue weighted by atomic mass is 35.5. The quantitative estimate of drug-likeness (QED) is 0.618. The van der Waals surface area contributed by atoms with Crippen LogP contribution in [-0.2, 0) is 0 Å². The maximum atomic E-state index is 10.8. The second-order valence-corrected chi connectivity index (χ2v) is 5.45. The van der Waals surface area contributed by atoms with Crippen LogP contribution in [0.5, 0.6) is 11.5 Å². The molecular weight excluding hydrogens is 284 g/mol. The summed E-state index contributed by atoms with van der Waals surface area (Å²) in [5.41, 5.74) is -0.185.